The Morgan fingerprint density at radius 1 is 0.500 bits per heavy atom. The minimum atomic E-state index is -0.112. The molecule has 0 spiro atoms. The molecule has 0 fully saturated rings. The molecule has 0 amide bonds. The van der Waals surface area contributed by atoms with E-state index in [4.69, 9.17) is 18.3 Å². The smallest absolute Gasteiger partial charge is 0.208 e. The molecule has 4 aromatic carbocycles. The zero-order valence-corrected chi connectivity index (χ0v) is 26.0. The van der Waals surface area contributed by atoms with Crippen molar-refractivity contribution in [2.45, 2.75) is 39.9 Å². The first-order valence-corrected chi connectivity index (χ1v) is 14.9. The highest BCUT2D eigenvalue weighted by Gasteiger charge is 2.05. The third kappa shape index (κ3) is 8.14. The van der Waals surface area contributed by atoms with Crippen molar-refractivity contribution in [3.63, 3.8) is 0 Å². The molecule has 0 bridgehead atoms. The lowest BCUT2D eigenvalue weighted by atomic mass is 10.1. The summed E-state index contributed by atoms with van der Waals surface area (Å²) in [5, 5.41) is 1.08. The molecule has 2 heterocycles. The van der Waals surface area contributed by atoms with Crippen molar-refractivity contribution in [2.75, 3.05) is 0 Å². The molecule has 6 heteroatoms. The monoisotopic (exact) mass is 608 g/mol. The Morgan fingerprint density at radius 3 is 1.24 bits per heavy atom. The van der Waals surface area contributed by atoms with E-state index in [1.54, 1.807) is 24.3 Å². The van der Waals surface area contributed by atoms with Crippen molar-refractivity contribution in [2.24, 2.45) is 0 Å². The highest BCUT2D eigenvalue weighted by Crippen LogP contribution is 2.15. The fourth-order valence-corrected chi connectivity index (χ4v) is 4.39. The molecule has 0 unspecified atom stereocenters. The summed E-state index contributed by atoms with van der Waals surface area (Å²) in [5.41, 5.74) is 3.24. The summed E-state index contributed by atoms with van der Waals surface area (Å²) in [6.45, 7) is 7.92. The Labute approximate surface area is 267 Å². The second kappa shape index (κ2) is 14.7. The number of ether oxygens (including phenoxy) is 2. The molecule has 0 saturated carbocycles. The van der Waals surface area contributed by atoms with Crippen LogP contribution in [0.25, 0.3) is 21.9 Å². The van der Waals surface area contributed by atoms with Gasteiger partial charge in [-0.3, -0.25) is 9.59 Å². The van der Waals surface area contributed by atoms with Gasteiger partial charge in [0, 0.05) is 11.1 Å². The van der Waals surface area contributed by atoms with Crippen molar-refractivity contribution in [1.82, 2.24) is 0 Å². The third-order valence-corrected chi connectivity index (χ3v) is 6.50. The van der Waals surface area contributed by atoms with Crippen molar-refractivity contribution >= 4 is 21.9 Å². The van der Waals surface area contributed by atoms with Gasteiger partial charge in [-0.2, -0.15) is 0 Å². The van der Waals surface area contributed by atoms with Crippen LogP contribution in [-0.4, -0.2) is 12.2 Å². The van der Waals surface area contributed by atoms with E-state index in [0.717, 1.165) is 22.6 Å². The summed E-state index contributed by atoms with van der Waals surface area (Å²) in [5.74, 6) is 13.3. The standard InChI is InChI=1S/2C20H16O3/c2*1-14(2)23-17-11-8-15(9-12-17)7-10-16-13-22-19-6-4-3-5-18(19)20(16)21/h2*3-6,8-9,11-14H,1-2H3. The highest BCUT2D eigenvalue weighted by molar-refractivity contribution is 5.78. The molecule has 0 radical (unpaired) electrons. The zero-order valence-electron chi connectivity index (χ0n) is 26.0. The van der Waals surface area contributed by atoms with Crippen LogP contribution in [0.2, 0.25) is 0 Å². The van der Waals surface area contributed by atoms with Gasteiger partial charge in [0.15, 0.2) is 0 Å². The van der Waals surface area contributed by atoms with E-state index in [0.29, 0.717) is 33.1 Å². The van der Waals surface area contributed by atoms with Gasteiger partial charge in [0.25, 0.3) is 0 Å². The van der Waals surface area contributed by atoms with Gasteiger partial charge in [-0.15, -0.1) is 0 Å². The van der Waals surface area contributed by atoms with Gasteiger partial charge in [-0.25, -0.2) is 0 Å². The van der Waals surface area contributed by atoms with E-state index in [1.165, 1.54) is 12.5 Å². The van der Waals surface area contributed by atoms with Gasteiger partial charge in [-0.05, 0) is 100 Å². The maximum absolute atomic E-state index is 12.3. The average Bonchev–Trinajstić information content (AvgIpc) is 3.06. The second-order valence-electron chi connectivity index (χ2n) is 10.8. The van der Waals surface area contributed by atoms with Crippen LogP contribution in [0.5, 0.6) is 11.5 Å². The summed E-state index contributed by atoms with van der Waals surface area (Å²) < 4.78 is 22.1. The lowest BCUT2D eigenvalue weighted by Gasteiger charge is -2.08. The predicted molar refractivity (Wildman–Crippen MR) is 181 cm³/mol. The molecule has 0 aliphatic carbocycles. The van der Waals surface area contributed by atoms with Crippen LogP contribution < -0.4 is 20.3 Å². The Hall–Kier alpha value is -5.98. The van der Waals surface area contributed by atoms with E-state index < -0.39 is 0 Å². The summed E-state index contributed by atoms with van der Waals surface area (Å²) >= 11 is 0. The fraction of sp³-hybridized carbons (Fsp3) is 0.150. The van der Waals surface area contributed by atoms with Gasteiger partial charge in [0.05, 0.1) is 23.0 Å². The molecule has 6 nitrogen and oxygen atoms in total. The number of hydrogen-bond donors (Lipinski definition) is 0. The van der Waals surface area contributed by atoms with E-state index >= 15 is 0 Å². The van der Waals surface area contributed by atoms with Crippen LogP contribution in [0.3, 0.4) is 0 Å². The Bertz CT molecular complexity index is 2040. The molecule has 0 aliphatic heterocycles. The normalized spacial score (nSPS) is 10.4. The van der Waals surface area contributed by atoms with Crippen molar-refractivity contribution in [3.8, 4) is 35.2 Å². The highest BCUT2D eigenvalue weighted by atomic mass is 16.5. The second-order valence-corrected chi connectivity index (χ2v) is 10.8. The molecule has 0 N–H and O–H groups in total. The summed E-state index contributed by atoms with van der Waals surface area (Å²) in [6, 6.07) is 29.2. The Balaban J connectivity index is 0.000000181. The molecule has 0 saturated heterocycles. The lowest BCUT2D eigenvalue weighted by Crippen LogP contribution is -2.05. The number of fused-ring (bicyclic) bond motifs is 2. The van der Waals surface area contributed by atoms with Crippen molar-refractivity contribution in [1.29, 1.82) is 0 Å². The first-order valence-electron chi connectivity index (χ1n) is 14.9. The molecular weight excluding hydrogens is 576 g/mol. The fourth-order valence-electron chi connectivity index (χ4n) is 4.39. The molecular formula is C40H32O6. The predicted octanol–water partition coefficient (Wildman–Crippen LogP) is 7.96. The topological polar surface area (TPSA) is 78.9 Å². The van der Waals surface area contributed by atoms with Gasteiger partial charge < -0.3 is 18.3 Å². The van der Waals surface area contributed by atoms with Crippen molar-refractivity contribution in [3.05, 3.63) is 152 Å². The first-order chi connectivity index (χ1) is 22.3. The maximum atomic E-state index is 12.3. The lowest BCUT2D eigenvalue weighted by molar-refractivity contribution is 0.242. The van der Waals surface area contributed by atoms with E-state index in [1.807, 2.05) is 100 Å². The first kappa shape index (κ1) is 31.4. The zero-order chi connectivity index (χ0) is 32.5. The summed E-state index contributed by atoms with van der Waals surface area (Å²) in [4.78, 5) is 24.7. The minimum absolute atomic E-state index is 0.112. The quantitative estimate of drug-likeness (QED) is 0.189. The Kier molecular flexibility index (Phi) is 10.0. The molecule has 46 heavy (non-hydrogen) atoms. The van der Waals surface area contributed by atoms with Crippen LogP contribution in [0, 0.1) is 23.7 Å². The number of rotatable bonds is 4. The van der Waals surface area contributed by atoms with Crippen LogP contribution in [0.4, 0.5) is 0 Å². The molecule has 6 rings (SSSR count). The van der Waals surface area contributed by atoms with Gasteiger partial charge in [-0.1, -0.05) is 47.9 Å². The molecule has 6 aromatic rings. The van der Waals surface area contributed by atoms with E-state index in [-0.39, 0.29) is 23.1 Å². The summed E-state index contributed by atoms with van der Waals surface area (Å²) in [7, 11) is 0. The largest absolute Gasteiger partial charge is 0.491 e. The SMILES string of the molecule is CC(C)Oc1ccc(C#Cc2coc3ccccc3c2=O)cc1.CC(C)Oc1ccc(C#Cc2coc3ccccc3c2=O)cc1. The van der Waals surface area contributed by atoms with Crippen LogP contribution in [0.15, 0.2) is 128 Å². The maximum Gasteiger partial charge on any atom is 0.208 e. The van der Waals surface area contributed by atoms with Gasteiger partial charge in [0.2, 0.25) is 10.9 Å². The van der Waals surface area contributed by atoms with Crippen LogP contribution >= 0.6 is 0 Å². The average molecular weight is 609 g/mol. The van der Waals surface area contributed by atoms with Gasteiger partial charge >= 0.3 is 0 Å². The van der Waals surface area contributed by atoms with E-state index in [9.17, 15) is 9.59 Å². The van der Waals surface area contributed by atoms with Gasteiger partial charge in [0.1, 0.15) is 46.3 Å². The molecule has 228 valence electrons. The molecule has 2 aromatic heterocycles. The minimum Gasteiger partial charge on any atom is -0.491 e. The van der Waals surface area contributed by atoms with Crippen molar-refractivity contribution < 1.29 is 18.3 Å². The number of hydrogen-bond acceptors (Lipinski definition) is 6. The third-order valence-electron chi connectivity index (χ3n) is 6.50. The van der Waals surface area contributed by atoms with E-state index in [2.05, 4.69) is 23.7 Å². The van der Waals surface area contributed by atoms with Crippen LogP contribution in [0.1, 0.15) is 49.9 Å². The Morgan fingerprint density at radius 2 is 0.870 bits per heavy atom. The summed E-state index contributed by atoms with van der Waals surface area (Å²) in [6.07, 6.45) is 3.09. The molecule has 0 atom stereocenters. The number of benzene rings is 4. The van der Waals surface area contributed by atoms with Crippen LogP contribution in [-0.2, 0) is 0 Å². The molecule has 0 aliphatic rings. The number of para-hydroxylation sites is 2.